The molecule has 168 valence electrons. The number of sulfonamides is 1. The number of para-hydroxylation sites is 1. The van der Waals surface area contributed by atoms with Crippen LogP contribution in [0.25, 0.3) is 10.2 Å². The number of nitrogens with zero attached hydrogens (tertiary/aromatic N) is 2. The van der Waals surface area contributed by atoms with Gasteiger partial charge in [-0.1, -0.05) is 41.7 Å². The summed E-state index contributed by atoms with van der Waals surface area (Å²) in [6.45, 7) is 0.738. The predicted octanol–water partition coefficient (Wildman–Crippen LogP) is 3.94. The normalized spacial score (nSPS) is 14.1. The number of carbonyl (C=O) groups is 1. The second kappa shape index (κ2) is 8.54. The fraction of sp³-hybridized carbons (Fsp3) is 0.130. The van der Waals surface area contributed by atoms with Gasteiger partial charge in [-0.25, -0.2) is 17.8 Å². The van der Waals surface area contributed by atoms with Crippen molar-refractivity contribution in [2.45, 2.75) is 17.9 Å². The van der Waals surface area contributed by atoms with Crippen molar-refractivity contribution in [1.29, 1.82) is 0 Å². The number of carbonyl (C=O) groups excluding carboxylic acids is 1. The summed E-state index contributed by atoms with van der Waals surface area (Å²) in [5.74, 6) is -0.900. The van der Waals surface area contributed by atoms with Gasteiger partial charge in [0.15, 0.2) is 0 Å². The highest BCUT2D eigenvalue weighted by molar-refractivity contribution is 7.89. The summed E-state index contributed by atoms with van der Waals surface area (Å²) < 4.78 is 42.0. The highest BCUT2D eigenvalue weighted by Gasteiger charge is 2.28. The van der Waals surface area contributed by atoms with Gasteiger partial charge in [0.1, 0.15) is 11.3 Å². The number of hydrogen-bond donors (Lipinski definition) is 2. The van der Waals surface area contributed by atoms with E-state index in [9.17, 15) is 17.6 Å². The zero-order valence-corrected chi connectivity index (χ0v) is 18.9. The van der Waals surface area contributed by atoms with E-state index in [2.05, 4.69) is 15.8 Å². The minimum Gasteiger partial charge on any atom is -0.273 e. The molecule has 0 fully saturated rings. The Balaban J connectivity index is 1.26. The van der Waals surface area contributed by atoms with Crippen molar-refractivity contribution in [3.63, 3.8) is 0 Å². The predicted molar refractivity (Wildman–Crippen MR) is 125 cm³/mol. The van der Waals surface area contributed by atoms with Crippen LogP contribution in [0.5, 0.6) is 0 Å². The van der Waals surface area contributed by atoms with E-state index in [1.807, 2.05) is 24.3 Å². The van der Waals surface area contributed by atoms with Gasteiger partial charge in [-0.2, -0.15) is 4.31 Å². The molecule has 2 heterocycles. The van der Waals surface area contributed by atoms with Crippen molar-refractivity contribution >= 4 is 42.6 Å². The first-order valence-corrected chi connectivity index (χ1v) is 12.5. The van der Waals surface area contributed by atoms with Crippen LogP contribution < -0.4 is 10.9 Å². The molecule has 1 aromatic heterocycles. The number of hydrazine groups is 1. The summed E-state index contributed by atoms with van der Waals surface area (Å²) >= 11 is 1.20. The molecule has 0 saturated carbocycles. The SMILES string of the molecule is O=C(NNc1nc2c(F)cccc2s1)c1ccc(S(=O)(=O)N2CCc3ccccc3C2)cc1. The summed E-state index contributed by atoms with van der Waals surface area (Å²) in [6, 6.07) is 18.2. The third-order valence-electron chi connectivity index (χ3n) is 5.50. The summed E-state index contributed by atoms with van der Waals surface area (Å²) in [5.41, 5.74) is 7.86. The fourth-order valence-corrected chi connectivity index (χ4v) is 6.01. The van der Waals surface area contributed by atoms with E-state index in [4.69, 9.17) is 0 Å². The fourth-order valence-electron chi connectivity index (χ4n) is 3.75. The average molecular weight is 483 g/mol. The number of nitrogens with one attached hydrogen (secondary N) is 2. The molecule has 5 rings (SSSR count). The first kappa shape index (κ1) is 21.5. The van der Waals surface area contributed by atoms with E-state index < -0.39 is 21.7 Å². The maximum Gasteiger partial charge on any atom is 0.269 e. The lowest BCUT2D eigenvalue weighted by Crippen LogP contribution is -2.36. The number of thiazole rings is 1. The van der Waals surface area contributed by atoms with Crippen LogP contribution in [0, 0.1) is 5.82 Å². The monoisotopic (exact) mass is 482 g/mol. The van der Waals surface area contributed by atoms with Crippen LogP contribution in [0.3, 0.4) is 0 Å². The van der Waals surface area contributed by atoms with Crippen molar-refractivity contribution in [3.8, 4) is 0 Å². The Labute approximate surface area is 193 Å². The maximum absolute atomic E-state index is 13.8. The standard InChI is InChI=1S/C23H19FN4O3S2/c24-19-6-3-7-20-21(19)25-23(32-20)27-26-22(29)16-8-10-18(11-9-16)33(30,31)28-13-12-15-4-1-2-5-17(15)14-28/h1-11H,12-14H2,(H,25,27)(H,26,29). The third kappa shape index (κ3) is 4.20. The van der Waals surface area contributed by atoms with Crippen molar-refractivity contribution in [2.75, 3.05) is 12.0 Å². The zero-order valence-electron chi connectivity index (χ0n) is 17.3. The largest absolute Gasteiger partial charge is 0.273 e. The molecule has 7 nitrogen and oxygen atoms in total. The Morgan fingerprint density at radius 3 is 2.52 bits per heavy atom. The smallest absolute Gasteiger partial charge is 0.269 e. The quantitative estimate of drug-likeness (QED) is 0.421. The van der Waals surface area contributed by atoms with E-state index in [0.717, 1.165) is 5.56 Å². The highest BCUT2D eigenvalue weighted by Crippen LogP contribution is 2.27. The summed E-state index contributed by atoms with van der Waals surface area (Å²) in [6.07, 6.45) is 0.664. The van der Waals surface area contributed by atoms with Crippen molar-refractivity contribution in [1.82, 2.24) is 14.7 Å². The van der Waals surface area contributed by atoms with E-state index >= 15 is 0 Å². The van der Waals surface area contributed by atoms with Crippen LogP contribution in [0.4, 0.5) is 9.52 Å². The first-order chi connectivity index (χ1) is 15.9. The molecule has 0 unspecified atom stereocenters. The van der Waals surface area contributed by atoms with Crippen LogP contribution in [0.1, 0.15) is 21.5 Å². The van der Waals surface area contributed by atoms with Crippen LogP contribution >= 0.6 is 11.3 Å². The topological polar surface area (TPSA) is 91.4 Å². The Morgan fingerprint density at radius 1 is 1.00 bits per heavy atom. The molecule has 1 aliphatic rings. The molecule has 0 saturated heterocycles. The molecule has 2 N–H and O–H groups in total. The number of halogens is 1. The molecule has 33 heavy (non-hydrogen) atoms. The highest BCUT2D eigenvalue weighted by atomic mass is 32.2. The number of hydrogen-bond acceptors (Lipinski definition) is 6. The Morgan fingerprint density at radius 2 is 1.76 bits per heavy atom. The van der Waals surface area contributed by atoms with Gasteiger partial charge in [-0.05, 0) is 53.9 Å². The minimum atomic E-state index is -3.68. The van der Waals surface area contributed by atoms with E-state index in [-0.39, 0.29) is 16.0 Å². The van der Waals surface area contributed by atoms with Crippen molar-refractivity contribution in [2.24, 2.45) is 0 Å². The summed E-state index contributed by atoms with van der Waals surface area (Å²) in [5, 5.41) is 0.341. The van der Waals surface area contributed by atoms with E-state index in [1.54, 1.807) is 12.1 Å². The second-order valence-corrected chi connectivity index (χ2v) is 10.5. The molecule has 0 atom stereocenters. The van der Waals surface area contributed by atoms with Gasteiger partial charge in [0.25, 0.3) is 5.91 Å². The molecule has 0 aliphatic carbocycles. The molecule has 0 spiro atoms. The third-order valence-corrected chi connectivity index (χ3v) is 8.30. The van der Waals surface area contributed by atoms with Crippen LogP contribution in [0.2, 0.25) is 0 Å². The lowest BCUT2D eigenvalue weighted by molar-refractivity contribution is 0.0962. The molecule has 4 aromatic rings. The number of fused-ring (bicyclic) bond motifs is 2. The Kier molecular flexibility index (Phi) is 5.57. The van der Waals surface area contributed by atoms with E-state index in [0.29, 0.717) is 29.3 Å². The van der Waals surface area contributed by atoms with Crippen molar-refractivity contribution < 1.29 is 17.6 Å². The van der Waals surface area contributed by atoms with Crippen LogP contribution in [-0.4, -0.2) is 30.2 Å². The zero-order chi connectivity index (χ0) is 23.0. The molecule has 10 heteroatoms. The molecular weight excluding hydrogens is 463 g/mol. The number of benzene rings is 3. The molecule has 0 bridgehead atoms. The van der Waals surface area contributed by atoms with Crippen LogP contribution in [0.15, 0.2) is 71.6 Å². The summed E-state index contributed by atoms with van der Waals surface area (Å²) in [7, 11) is -3.68. The van der Waals surface area contributed by atoms with Gasteiger partial charge in [0, 0.05) is 18.7 Å². The Bertz CT molecular complexity index is 1450. The van der Waals surface area contributed by atoms with Crippen LogP contribution in [-0.2, 0) is 23.0 Å². The number of aromatic nitrogens is 1. The van der Waals surface area contributed by atoms with Gasteiger partial charge in [-0.3, -0.25) is 15.6 Å². The van der Waals surface area contributed by atoms with Gasteiger partial charge < -0.3 is 0 Å². The lowest BCUT2D eigenvalue weighted by atomic mass is 10.0. The molecule has 1 amide bonds. The number of rotatable bonds is 5. The Hall–Kier alpha value is -3.34. The lowest BCUT2D eigenvalue weighted by Gasteiger charge is -2.28. The number of anilines is 1. The number of amides is 1. The van der Waals surface area contributed by atoms with E-state index in [1.165, 1.54) is 51.5 Å². The average Bonchev–Trinajstić information content (AvgIpc) is 3.27. The van der Waals surface area contributed by atoms with Gasteiger partial charge in [0.05, 0.1) is 9.60 Å². The molecular formula is C23H19FN4O3S2. The molecule has 3 aromatic carbocycles. The van der Waals surface area contributed by atoms with Gasteiger partial charge >= 0.3 is 0 Å². The van der Waals surface area contributed by atoms with Crippen molar-refractivity contribution in [3.05, 3.63) is 89.2 Å². The second-order valence-electron chi connectivity index (χ2n) is 7.57. The maximum atomic E-state index is 13.8. The minimum absolute atomic E-state index is 0.132. The van der Waals surface area contributed by atoms with Gasteiger partial charge in [0.2, 0.25) is 15.2 Å². The molecule has 1 aliphatic heterocycles. The van der Waals surface area contributed by atoms with Gasteiger partial charge in [-0.15, -0.1) is 0 Å². The molecule has 0 radical (unpaired) electrons. The summed E-state index contributed by atoms with van der Waals surface area (Å²) in [4.78, 5) is 16.7. The first-order valence-electron chi connectivity index (χ1n) is 10.2.